The summed E-state index contributed by atoms with van der Waals surface area (Å²) in [5.74, 6) is 1.37. The third kappa shape index (κ3) is 2.73. The van der Waals surface area contributed by atoms with Gasteiger partial charge in [0.25, 0.3) is 0 Å². The summed E-state index contributed by atoms with van der Waals surface area (Å²) in [5.41, 5.74) is 3.96. The number of fused-ring (bicyclic) bond motifs is 2. The molecule has 1 N–H and O–H groups in total. The summed E-state index contributed by atoms with van der Waals surface area (Å²) < 4.78 is 1.09. The number of amides is 1. The van der Waals surface area contributed by atoms with Gasteiger partial charge in [-0.25, -0.2) is 4.79 Å². The number of anilines is 1. The van der Waals surface area contributed by atoms with E-state index in [0.29, 0.717) is 19.0 Å². The van der Waals surface area contributed by atoms with Crippen molar-refractivity contribution in [2.75, 3.05) is 24.5 Å². The average molecular weight is 379 g/mol. The van der Waals surface area contributed by atoms with E-state index in [1.807, 2.05) is 0 Å². The molecule has 0 radical (unpaired) electrons. The van der Waals surface area contributed by atoms with Crippen LogP contribution in [-0.2, 0) is 6.54 Å². The lowest BCUT2D eigenvalue weighted by Crippen LogP contribution is -2.40. The molecule has 2 atom stereocenters. The van der Waals surface area contributed by atoms with Crippen molar-refractivity contribution in [3.05, 3.63) is 27.7 Å². The van der Waals surface area contributed by atoms with E-state index in [9.17, 15) is 9.90 Å². The molecule has 0 bridgehead atoms. The van der Waals surface area contributed by atoms with Gasteiger partial charge < -0.3 is 14.9 Å². The fourth-order valence-corrected chi connectivity index (χ4v) is 5.27. The number of carboxylic acid groups (broad SMARTS) is 1. The van der Waals surface area contributed by atoms with E-state index >= 15 is 0 Å². The van der Waals surface area contributed by atoms with Crippen LogP contribution in [0.4, 0.5) is 10.5 Å². The van der Waals surface area contributed by atoms with Crippen molar-refractivity contribution in [2.24, 2.45) is 5.92 Å². The summed E-state index contributed by atoms with van der Waals surface area (Å²) in [6.45, 7) is 3.01. The predicted octanol–water partition coefficient (Wildman–Crippen LogP) is 4.43. The van der Waals surface area contributed by atoms with Crippen LogP contribution in [0.3, 0.4) is 0 Å². The van der Waals surface area contributed by atoms with Crippen LogP contribution in [0.1, 0.15) is 49.1 Å². The number of rotatable bonds is 0. The highest BCUT2D eigenvalue weighted by Crippen LogP contribution is 2.48. The molecule has 2 unspecified atom stereocenters. The summed E-state index contributed by atoms with van der Waals surface area (Å²) in [6, 6.07) is 4.41. The SMILES string of the molecule is O=C(O)N1CCN2CC3CCCCCC3c3cc(Br)cc(c32)C1. The highest BCUT2D eigenvalue weighted by molar-refractivity contribution is 9.10. The fraction of sp³-hybridized carbons (Fsp3) is 0.611. The zero-order chi connectivity index (χ0) is 16.0. The van der Waals surface area contributed by atoms with Gasteiger partial charge in [0.05, 0.1) is 6.54 Å². The molecule has 3 aliphatic rings. The molecule has 1 amide bonds. The lowest BCUT2D eigenvalue weighted by atomic mass is 9.77. The molecule has 23 heavy (non-hydrogen) atoms. The van der Waals surface area contributed by atoms with E-state index in [-0.39, 0.29) is 0 Å². The van der Waals surface area contributed by atoms with Crippen molar-refractivity contribution in [1.82, 2.24) is 4.90 Å². The number of nitrogens with zero attached hydrogens (tertiary/aromatic N) is 2. The summed E-state index contributed by atoms with van der Waals surface area (Å²) in [6.07, 6.45) is 5.80. The molecule has 0 saturated heterocycles. The van der Waals surface area contributed by atoms with E-state index in [1.54, 1.807) is 4.90 Å². The van der Waals surface area contributed by atoms with Crippen LogP contribution in [0.2, 0.25) is 0 Å². The molecule has 0 spiro atoms. The van der Waals surface area contributed by atoms with Gasteiger partial charge >= 0.3 is 6.09 Å². The molecule has 5 heteroatoms. The predicted molar refractivity (Wildman–Crippen MR) is 94.1 cm³/mol. The standard InChI is InChI=1S/C18H23BrN2O2/c19-14-8-13-11-21(18(22)23)7-6-20-10-12-4-2-1-3-5-15(12)16(9-14)17(13)20/h8-9,12,15H,1-7,10-11H2,(H,22,23). The fourth-order valence-electron chi connectivity index (χ4n) is 4.75. The normalized spacial score (nSPS) is 26.8. The van der Waals surface area contributed by atoms with Crippen LogP contribution in [0.5, 0.6) is 0 Å². The lowest BCUT2D eigenvalue weighted by molar-refractivity contribution is 0.144. The van der Waals surface area contributed by atoms with Crippen molar-refractivity contribution < 1.29 is 9.90 Å². The highest BCUT2D eigenvalue weighted by Gasteiger charge is 2.37. The first-order chi connectivity index (χ1) is 11.1. The van der Waals surface area contributed by atoms with Gasteiger partial charge in [0.2, 0.25) is 0 Å². The Labute approximate surface area is 145 Å². The molecule has 1 aromatic rings. The number of hydrogen-bond acceptors (Lipinski definition) is 2. The summed E-state index contributed by atoms with van der Waals surface area (Å²) in [5, 5.41) is 9.44. The maximum atomic E-state index is 11.5. The zero-order valence-corrected chi connectivity index (χ0v) is 14.9. The molecular formula is C18H23BrN2O2. The Hall–Kier alpha value is -1.23. The van der Waals surface area contributed by atoms with Gasteiger partial charge in [0.1, 0.15) is 0 Å². The van der Waals surface area contributed by atoms with Crippen LogP contribution >= 0.6 is 15.9 Å². The van der Waals surface area contributed by atoms with Gasteiger partial charge in [-0.15, -0.1) is 0 Å². The highest BCUT2D eigenvalue weighted by atomic mass is 79.9. The number of carbonyl (C=O) groups is 1. The third-order valence-electron chi connectivity index (χ3n) is 5.78. The van der Waals surface area contributed by atoms with Crippen molar-refractivity contribution in [2.45, 2.75) is 44.6 Å². The molecule has 2 aliphatic heterocycles. The second-order valence-electron chi connectivity index (χ2n) is 7.16. The minimum absolute atomic E-state index is 0.505. The number of halogens is 1. The average Bonchev–Trinajstić information content (AvgIpc) is 2.84. The van der Waals surface area contributed by atoms with Gasteiger partial charge in [0.15, 0.2) is 0 Å². The maximum absolute atomic E-state index is 11.5. The van der Waals surface area contributed by atoms with Crippen LogP contribution in [-0.4, -0.2) is 35.7 Å². The van der Waals surface area contributed by atoms with Crippen LogP contribution in [0.15, 0.2) is 16.6 Å². The molecule has 1 aromatic carbocycles. The molecule has 2 heterocycles. The molecule has 4 nitrogen and oxygen atoms in total. The smallest absolute Gasteiger partial charge is 0.407 e. The van der Waals surface area contributed by atoms with Crippen molar-refractivity contribution in [3.8, 4) is 0 Å². The van der Waals surface area contributed by atoms with Gasteiger partial charge in [-0.2, -0.15) is 0 Å². The Kier molecular flexibility index (Phi) is 4.00. The van der Waals surface area contributed by atoms with E-state index in [2.05, 4.69) is 33.0 Å². The summed E-state index contributed by atoms with van der Waals surface area (Å²) in [7, 11) is 0. The molecule has 124 valence electrons. The monoisotopic (exact) mass is 378 g/mol. The van der Waals surface area contributed by atoms with Crippen LogP contribution in [0.25, 0.3) is 0 Å². The quantitative estimate of drug-likeness (QED) is 0.726. The Balaban J connectivity index is 1.81. The Morgan fingerprint density at radius 2 is 2.00 bits per heavy atom. The molecule has 1 aliphatic carbocycles. The Morgan fingerprint density at radius 3 is 2.83 bits per heavy atom. The lowest BCUT2D eigenvalue weighted by Gasteiger charge is -2.41. The molecular weight excluding hydrogens is 356 g/mol. The van der Waals surface area contributed by atoms with E-state index in [1.165, 1.54) is 43.4 Å². The zero-order valence-electron chi connectivity index (χ0n) is 13.3. The third-order valence-corrected chi connectivity index (χ3v) is 6.24. The number of benzene rings is 1. The maximum Gasteiger partial charge on any atom is 0.407 e. The molecule has 0 aromatic heterocycles. The van der Waals surface area contributed by atoms with Crippen LogP contribution < -0.4 is 4.90 Å². The van der Waals surface area contributed by atoms with E-state index in [4.69, 9.17) is 0 Å². The Morgan fingerprint density at radius 1 is 1.17 bits per heavy atom. The molecule has 4 rings (SSSR count). The summed E-state index contributed by atoms with van der Waals surface area (Å²) in [4.78, 5) is 15.5. The second kappa shape index (κ2) is 6.00. The second-order valence-corrected chi connectivity index (χ2v) is 8.07. The van der Waals surface area contributed by atoms with Crippen molar-refractivity contribution in [3.63, 3.8) is 0 Å². The van der Waals surface area contributed by atoms with Gasteiger partial charge in [-0.3, -0.25) is 0 Å². The molecule has 1 saturated carbocycles. The van der Waals surface area contributed by atoms with Crippen molar-refractivity contribution >= 4 is 27.7 Å². The van der Waals surface area contributed by atoms with E-state index < -0.39 is 6.09 Å². The molecule has 1 fully saturated rings. The largest absolute Gasteiger partial charge is 0.465 e. The minimum atomic E-state index is -0.812. The number of hydrogen-bond donors (Lipinski definition) is 1. The first kappa shape index (κ1) is 15.3. The van der Waals surface area contributed by atoms with E-state index in [0.717, 1.165) is 29.0 Å². The van der Waals surface area contributed by atoms with Gasteiger partial charge in [-0.05, 0) is 47.9 Å². The Bertz CT molecular complexity index is 634. The van der Waals surface area contributed by atoms with Crippen molar-refractivity contribution in [1.29, 1.82) is 0 Å². The summed E-state index contributed by atoms with van der Waals surface area (Å²) >= 11 is 3.66. The van der Waals surface area contributed by atoms with Gasteiger partial charge in [-0.1, -0.05) is 35.2 Å². The topological polar surface area (TPSA) is 43.8 Å². The first-order valence-corrected chi connectivity index (χ1v) is 9.48. The van der Waals surface area contributed by atoms with Gasteiger partial charge in [0, 0.05) is 29.8 Å². The minimum Gasteiger partial charge on any atom is -0.465 e. The first-order valence-electron chi connectivity index (χ1n) is 8.68. The van der Waals surface area contributed by atoms with Crippen LogP contribution in [0, 0.1) is 5.92 Å².